The molecule has 2 N–H and O–H groups in total. The fourth-order valence-corrected chi connectivity index (χ4v) is 0.889. The summed E-state index contributed by atoms with van der Waals surface area (Å²) in [5.74, 6) is 0.0703. The molecule has 1 aromatic heterocycles. The highest BCUT2D eigenvalue weighted by Gasteiger charge is 2.14. The van der Waals surface area contributed by atoms with Gasteiger partial charge in [0, 0.05) is 0 Å². The standard InChI is InChI=1S/C8H12N2O3/c1-4-7(6(3)13-10-4)9-8(12)5(2)11/h5,11H,1-3H3,(H,9,12)/t5-/m0/s1. The van der Waals surface area contributed by atoms with Gasteiger partial charge in [-0.2, -0.15) is 0 Å². The van der Waals surface area contributed by atoms with Gasteiger partial charge in [0.15, 0.2) is 5.76 Å². The third-order valence-corrected chi connectivity index (χ3v) is 1.66. The van der Waals surface area contributed by atoms with Crippen LogP contribution in [0.1, 0.15) is 18.4 Å². The van der Waals surface area contributed by atoms with E-state index >= 15 is 0 Å². The summed E-state index contributed by atoms with van der Waals surface area (Å²) in [5, 5.41) is 15.1. The van der Waals surface area contributed by atoms with Crippen molar-refractivity contribution in [3.8, 4) is 0 Å². The van der Waals surface area contributed by atoms with Crippen LogP contribution in [0.15, 0.2) is 4.52 Å². The molecule has 0 saturated carbocycles. The van der Waals surface area contributed by atoms with Crippen LogP contribution in [0.25, 0.3) is 0 Å². The average molecular weight is 184 g/mol. The zero-order valence-electron chi connectivity index (χ0n) is 7.79. The Hall–Kier alpha value is -1.36. The number of aryl methyl sites for hydroxylation is 2. The summed E-state index contributed by atoms with van der Waals surface area (Å²) in [7, 11) is 0. The van der Waals surface area contributed by atoms with Gasteiger partial charge in [-0.15, -0.1) is 0 Å². The van der Waals surface area contributed by atoms with Crippen molar-refractivity contribution >= 4 is 11.6 Å². The van der Waals surface area contributed by atoms with E-state index in [-0.39, 0.29) is 0 Å². The number of anilines is 1. The first-order valence-corrected chi connectivity index (χ1v) is 3.94. The van der Waals surface area contributed by atoms with E-state index in [0.29, 0.717) is 17.1 Å². The maximum absolute atomic E-state index is 11.1. The Labute approximate surface area is 75.7 Å². The molecule has 1 amide bonds. The fourth-order valence-electron chi connectivity index (χ4n) is 0.889. The van der Waals surface area contributed by atoms with Crippen molar-refractivity contribution in [2.75, 3.05) is 5.32 Å². The number of amides is 1. The number of rotatable bonds is 2. The molecule has 0 aromatic carbocycles. The van der Waals surface area contributed by atoms with Gasteiger partial charge in [-0.25, -0.2) is 0 Å². The number of aliphatic hydroxyl groups is 1. The van der Waals surface area contributed by atoms with Crippen LogP contribution in [0.2, 0.25) is 0 Å². The van der Waals surface area contributed by atoms with Crippen LogP contribution in [0.4, 0.5) is 5.69 Å². The molecule has 0 fully saturated rings. The third-order valence-electron chi connectivity index (χ3n) is 1.66. The van der Waals surface area contributed by atoms with Crippen molar-refractivity contribution in [3.63, 3.8) is 0 Å². The summed E-state index contributed by atoms with van der Waals surface area (Å²) in [5.41, 5.74) is 1.14. The number of aromatic nitrogens is 1. The molecule has 1 heterocycles. The van der Waals surface area contributed by atoms with Crippen LogP contribution >= 0.6 is 0 Å². The second-order valence-corrected chi connectivity index (χ2v) is 2.86. The van der Waals surface area contributed by atoms with Crippen molar-refractivity contribution in [2.45, 2.75) is 26.9 Å². The second kappa shape index (κ2) is 3.57. The zero-order valence-corrected chi connectivity index (χ0v) is 7.79. The minimum Gasteiger partial charge on any atom is -0.384 e. The zero-order chi connectivity index (χ0) is 10.0. The molecule has 0 spiro atoms. The van der Waals surface area contributed by atoms with Crippen molar-refractivity contribution in [1.82, 2.24) is 5.16 Å². The van der Waals surface area contributed by atoms with E-state index in [9.17, 15) is 4.79 Å². The topological polar surface area (TPSA) is 75.4 Å². The molecule has 0 radical (unpaired) electrons. The molecule has 1 rings (SSSR count). The molecule has 0 saturated heterocycles. The van der Waals surface area contributed by atoms with Gasteiger partial charge in [-0.05, 0) is 20.8 Å². The maximum Gasteiger partial charge on any atom is 0.253 e. The lowest BCUT2D eigenvalue weighted by Gasteiger charge is -2.05. The van der Waals surface area contributed by atoms with Gasteiger partial charge in [0.05, 0.1) is 0 Å². The molecule has 0 bridgehead atoms. The van der Waals surface area contributed by atoms with Crippen LogP contribution in [-0.4, -0.2) is 22.3 Å². The summed E-state index contributed by atoms with van der Waals surface area (Å²) in [6.07, 6.45) is -1.03. The number of nitrogens with zero attached hydrogens (tertiary/aromatic N) is 1. The minimum absolute atomic E-state index is 0.464. The molecule has 13 heavy (non-hydrogen) atoms. The predicted molar refractivity (Wildman–Crippen MR) is 46.3 cm³/mol. The van der Waals surface area contributed by atoms with Crippen molar-refractivity contribution in [1.29, 1.82) is 0 Å². The van der Waals surface area contributed by atoms with Gasteiger partial charge >= 0.3 is 0 Å². The van der Waals surface area contributed by atoms with E-state index in [1.807, 2.05) is 0 Å². The average Bonchev–Trinajstić information content (AvgIpc) is 2.35. The lowest BCUT2D eigenvalue weighted by atomic mass is 10.3. The Kier molecular flexibility index (Phi) is 2.67. The van der Waals surface area contributed by atoms with Gasteiger partial charge in [-0.1, -0.05) is 5.16 Å². The fraction of sp³-hybridized carbons (Fsp3) is 0.500. The van der Waals surface area contributed by atoms with E-state index in [4.69, 9.17) is 9.63 Å². The summed E-state index contributed by atoms with van der Waals surface area (Å²) in [6.45, 7) is 4.80. The Morgan fingerprint density at radius 2 is 2.23 bits per heavy atom. The SMILES string of the molecule is Cc1noc(C)c1NC(=O)[C@H](C)O. The van der Waals surface area contributed by atoms with Gasteiger partial charge < -0.3 is 14.9 Å². The molecule has 5 nitrogen and oxygen atoms in total. The van der Waals surface area contributed by atoms with Crippen LogP contribution in [-0.2, 0) is 4.79 Å². The first kappa shape index (κ1) is 9.73. The molecular weight excluding hydrogens is 172 g/mol. The molecule has 0 unspecified atom stereocenters. The Bertz CT molecular complexity index is 298. The lowest BCUT2D eigenvalue weighted by molar-refractivity contribution is -0.123. The van der Waals surface area contributed by atoms with E-state index in [0.717, 1.165) is 0 Å². The Balaban J connectivity index is 2.79. The summed E-state index contributed by atoms with van der Waals surface area (Å²) in [6, 6.07) is 0. The maximum atomic E-state index is 11.1. The van der Waals surface area contributed by atoms with Gasteiger partial charge in [0.25, 0.3) is 5.91 Å². The highest BCUT2D eigenvalue weighted by Crippen LogP contribution is 2.18. The van der Waals surface area contributed by atoms with Gasteiger partial charge in [-0.3, -0.25) is 4.79 Å². The third kappa shape index (κ3) is 2.06. The Morgan fingerprint density at radius 1 is 1.62 bits per heavy atom. The van der Waals surface area contributed by atoms with Crippen molar-refractivity contribution in [3.05, 3.63) is 11.5 Å². The van der Waals surface area contributed by atoms with E-state index in [2.05, 4.69) is 10.5 Å². The molecule has 0 aliphatic rings. The smallest absolute Gasteiger partial charge is 0.253 e. The van der Waals surface area contributed by atoms with Crippen LogP contribution in [0.5, 0.6) is 0 Å². The summed E-state index contributed by atoms with van der Waals surface area (Å²) >= 11 is 0. The van der Waals surface area contributed by atoms with Gasteiger partial charge in [0.2, 0.25) is 0 Å². The molecule has 72 valence electrons. The number of nitrogens with one attached hydrogen (secondary N) is 1. The molecule has 0 aliphatic heterocycles. The van der Waals surface area contributed by atoms with E-state index in [1.165, 1.54) is 6.92 Å². The van der Waals surface area contributed by atoms with Gasteiger partial charge in [0.1, 0.15) is 17.5 Å². The normalized spacial score (nSPS) is 12.6. The summed E-state index contributed by atoms with van der Waals surface area (Å²) in [4.78, 5) is 11.1. The molecule has 1 aromatic rings. The number of hydrogen-bond donors (Lipinski definition) is 2. The number of carbonyl (C=O) groups is 1. The van der Waals surface area contributed by atoms with Crippen molar-refractivity contribution < 1.29 is 14.4 Å². The van der Waals surface area contributed by atoms with Crippen LogP contribution in [0.3, 0.4) is 0 Å². The number of hydrogen-bond acceptors (Lipinski definition) is 4. The number of aliphatic hydroxyl groups excluding tert-OH is 1. The summed E-state index contributed by atoms with van der Waals surface area (Å²) < 4.78 is 4.83. The van der Waals surface area contributed by atoms with E-state index in [1.54, 1.807) is 13.8 Å². The molecule has 5 heteroatoms. The quantitative estimate of drug-likeness (QED) is 0.706. The molecule has 1 atom stereocenters. The highest BCUT2D eigenvalue weighted by atomic mass is 16.5. The number of carbonyl (C=O) groups excluding carboxylic acids is 1. The first-order chi connectivity index (χ1) is 6.02. The van der Waals surface area contributed by atoms with Crippen LogP contribution < -0.4 is 5.32 Å². The van der Waals surface area contributed by atoms with Crippen LogP contribution in [0, 0.1) is 13.8 Å². The van der Waals surface area contributed by atoms with E-state index < -0.39 is 12.0 Å². The first-order valence-electron chi connectivity index (χ1n) is 3.94. The highest BCUT2D eigenvalue weighted by molar-refractivity contribution is 5.94. The van der Waals surface area contributed by atoms with Crippen molar-refractivity contribution in [2.24, 2.45) is 0 Å². The lowest BCUT2D eigenvalue weighted by Crippen LogP contribution is -2.24. The predicted octanol–water partition coefficient (Wildman–Crippen LogP) is 0.611. The second-order valence-electron chi connectivity index (χ2n) is 2.86. The Morgan fingerprint density at radius 3 is 2.62 bits per heavy atom. The molecular formula is C8H12N2O3. The largest absolute Gasteiger partial charge is 0.384 e. The minimum atomic E-state index is -1.03. The molecule has 0 aliphatic carbocycles. The monoisotopic (exact) mass is 184 g/mol.